The molecule has 96 valence electrons. The van der Waals surface area contributed by atoms with Crippen molar-refractivity contribution in [3.8, 4) is 17.1 Å². The third-order valence-corrected chi connectivity index (χ3v) is 3.10. The largest absolute Gasteiger partial charge is 0.496 e. The van der Waals surface area contributed by atoms with E-state index in [4.69, 9.17) is 16.3 Å². The van der Waals surface area contributed by atoms with Crippen LogP contribution in [-0.2, 0) is 0 Å². The van der Waals surface area contributed by atoms with Gasteiger partial charge in [0, 0.05) is 5.02 Å². The van der Waals surface area contributed by atoms with Gasteiger partial charge in [0.05, 0.1) is 23.7 Å². The molecule has 0 spiro atoms. The van der Waals surface area contributed by atoms with Crippen molar-refractivity contribution in [3.05, 3.63) is 47.2 Å². The van der Waals surface area contributed by atoms with Crippen LogP contribution in [0.1, 0.15) is 0 Å². The summed E-state index contributed by atoms with van der Waals surface area (Å²) in [6.45, 7) is 0. The molecule has 2 aromatic carbocycles. The summed E-state index contributed by atoms with van der Waals surface area (Å²) in [5.74, 6) is 0.937. The van der Waals surface area contributed by atoms with Crippen LogP contribution in [0.3, 0.4) is 0 Å². The number of aromatic amines is 1. The molecule has 0 radical (unpaired) electrons. The number of aromatic nitrogens is 2. The lowest BCUT2D eigenvalue weighted by Crippen LogP contribution is -1.89. The SMILES string of the molecule is COc1cc(Cl)ccc1-c1nc2ccc(F)cc2[nH]1. The van der Waals surface area contributed by atoms with Gasteiger partial charge in [0.1, 0.15) is 17.4 Å². The van der Waals surface area contributed by atoms with Crippen LogP contribution in [0.5, 0.6) is 5.75 Å². The number of nitrogens with zero attached hydrogens (tertiary/aromatic N) is 1. The van der Waals surface area contributed by atoms with Crippen LogP contribution >= 0.6 is 11.6 Å². The fourth-order valence-electron chi connectivity index (χ4n) is 1.97. The molecule has 0 bridgehead atoms. The molecule has 0 unspecified atom stereocenters. The quantitative estimate of drug-likeness (QED) is 0.767. The van der Waals surface area contributed by atoms with Crippen molar-refractivity contribution in [1.29, 1.82) is 0 Å². The molecule has 5 heteroatoms. The van der Waals surface area contributed by atoms with Gasteiger partial charge in [-0.15, -0.1) is 0 Å². The van der Waals surface area contributed by atoms with Gasteiger partial charge in [0.25, 0.3) is 0 Å². The average Bonchev–Trinajstić information content (AvgIpc) is 2.81. The summed E-state index contributed by atoms with van der Waals surface area (Å²) < 4.78 is 18.4. The molecule has 0 amide bonds. The van der Waals surface area contributed by atoms with Crippen molar-refractivity contribution in [3.63, 3.8) is 0 Å². The zero-order chi connectivity index (χ0) is 13.4. The van der Waals surface area contributed by atoms with E-state index in [1.54, 1.807) is 25.3 Å². The van der Waals surface area contributed by atoms with Crippen molar-refractivity contribution >= 4 is 22.6 Å². The Morgan fingerprint density at radius 1 is 1.21 bits per heavy atom. The van der Waals surface area contributed by atoms with Crippen molar-refractivity contribution < 1.29 is 9.13 Å². The number of methoxy groups -OCH3 is 1. The van der Waals surface area contributed by atoms with E-state index in [9.17, 15) is 4.39 Å². The molecule has 0 saturated carbocycles. The van der Waals surface area contributed by atoms with E-state index in [1.807, 2.05) is 6.07 Å². The first-order valence-electron chi connectivity index (χ1n) is 5.66. The summed E-state index contributed by atoms with van der Waals surface area (Å²) in [5, 5.41) is 0.586. The Bertz CT molecular complexity index is 754. The van der Waals surface area contributed by atoms with Gasteiger partial charge >= 0.3 is 0 Å². The van der Waals surface area contributed by atoms with E-state index in [0.717, 1.165) is 5.56 Å². The maximum absolute atomic E-state index is 13.2. The summed E-state index contributed by atoms with van der Waals surface area (Å²) in [6.07, 6.45) is 0. The molecule has 1 heterocycles. The highest BCUT2D eigenvalue weighted by Gasteiger charge is 2.11. The zero-order valence-corrected chi connectivity index (χ0v) is 10.8. The second-order valence-corrected chi connectivity index (χ2v) is 4.53. The summed E-state index contributed by atoms with van der Waals surface area (Å²) >= 11 is 5.92. The first-order chi connectivity index (χ1) is 9.17. The number of imidazole rings is 1. The van der Waals surface area contributed by atoms with Gasteiger partial charge in [-0.1, -0.05) is 11.6 Å². The number of fused-ring (bicyclic) bond motifs is 1. The van der Waals surface area contributed by atoms with E-state index < -0.39 is 0 Å². The number of ether oxygens (including phenoxy) is 1. The molecule has 3 aromatic rings. The molecule has 3 rings (SSSR count). The van der Waals surface area contributed by atoms with E-state index in [2.05, 4.69) is 9.97 Å². The molecule has 0 aliphatic carbocycles. The van der Waals surface area contributed by atoms with Crippen molar-refractivity contribution in [1.82, 2.24) is 9.97 Å². The first kappa shape index (κ1) is 12.0. The molecule has 19 heavy (non-hydrogen) atoms. The summed E-state index contributed by atoms with van der Waals surface area (Å²) in [6, 6.07) is 9.71. The van der Waals surface area contributed by atoms with Crippen LogP contribution in [0.25, 0.3) is 22.4 Å². The van der Waals surface area contributed by atoms with Gasteiger partial charge in [-0.25, -0.2) is 9.37 Å². The summed E-state index contributed by atoms with van der Waals surface area (Å²) in [4.78, 5) is 7.49. The van der Waals surface area contributed by atoms with Crippen molar-refractivity contribution in [2.45, 2.75) is 0 Å². The fraction of sp³-hybridized carbons (Fsp3) is 0.0714. The Balaban J connectivity index is 2.18. The molecular weight excluding hydrogens is 267 g/mol. The minimum atomic E-state index is -0.300. The number of rotatable bonds is 2. The summed E-state index contributed by atoms with van der Waals surface area (Å²) in [5.41, 5.74) is 2.13. The molecule has 0 atom stereocenters. The molecule has 0 aliphatic rings. The van der Waals surface area contributed by atoms with Crippen LogP contribution in [-0.4, -0.2) is 17.1 Å². The fourth-order valence-corrected chi connectivity index (χ4v) is 2.13. The smallest absolute Gasteiger partial charge is 0.142 e. The maximum atomic E-state index is 13.2. The minimum Gasteiger partial charge on any atom is -0.496 e. The van der Waals surface area contributed by atoms with Crippen LogP contribution in [0.15, 0.2) is 36.4 Å². The van der Waals surface area contributed by atoms with Gasteiger partial charge in [-0.2, -0.15) is 0 Å². The van der Waals surface area contributed by atoms with Crippen molar-refractivity contribution in [2.24, 2.45) is 0 Å². The van der Waals surface area contributed by atoms with Gasteiger partial charge in [0.15, 0.2) is 0 Å². The lowest BCUT2D eigenvalue weighted by atomic mass is 10.2. The predicted octanol–water partition coefficient (Wildman–Crippen LogP) is 4.03. The lowest BCUT2D eigenvalue weighted by Gasteiger charge is -2.06. The van der Waals surface area contributed by atoms with E-state index in [-0.39, 0.29) is 5.82 Å². The zero-order valence-electron chi connectivity index (χ0n) is 10.1. The van der Waals surface area contributed by atoms with Gasteiger partial charge in [0.2, 0.25) is 0 Å². The second-order valence-electron chi connectivity index (χ2n) is 4.09. The monoisotopic (exact) mass is 276 g/mol. The third-order valence-electron chi connectivity index (χ3n) is 2.86. The highest BCUT2D eigenvalue weighted by atomic mass is 35.5. The number of halogens is 2. The van der Waals surface area contributed by atoms with Crippen molar-refractivity contribution in [2.75, 3.05) is 7.11 Å². The number of hydrogen-bond acceptors (Lipinski definition) is 2. The van der Waals surface area contributed by atoms with Crippen LogP contribution < -0.4 is 4.74 Å². The third kappa shape index (κ3) is 2.15. The minimum absolute atomic E-state index is 0.300. The van der Waals surface area contributed by atoms with Gasteiger partial charge in [-0.05, 0) is 36.4 Å². The normalized spacial score (nSPS) is 10.9. The Morgan fingerprint density at radius 3 is 2.84 bits per heavy atom. The summed E-state index contributed by atoms with van der Waals surface area (Å²) in [7, 11) is 1.57. The highest BCUT2D eigenvalue weighted by molar-refractivity contribution is 6.30. The molecular formula is C14H10ClFN2O. The van der Waals surface area contributed by atoms with Crippen LogP contribution in [0.4, 0.5) is 4.39 Å². The first-order valence-corrected chi connectivity index (χ1v) is 6.04. The molecule has 0 fully saturated rings. The highest BCUT2D eigenvalue weighted by Crippen LogP contribution is 2.31. The Morgan fingerprint density at radius 2 is 2.05 bits per heavy atom. The number of hydrogen-bond donors (Lipinski definition) is 1. The molecule has 0 saturated heterocycles. The van der Waals surface area contributed by atoms with E-state index in [0.29, 0.717) is 27.6 Å². The number of nitrogens with one attached hydrogen (secondary N) is 1. The second kappa shape index (κ2) is 4.55. The average molecular weight is 277 g/mol. The van der Waals surface area contributed by atoms with Crippen LogP contribution in [0, 0.1) is 5.82 Å². The van der Waals surface area contributed by atoms with E-state index >= 15 is 0 Å². The standard InChI is InChI=1S/C14H10ClFN2O/c1-19-13-6-8(15)2-4-10(13)14-17-11-5-3-9(16)7-12(11)18-14/h2-7H,1H3,(H,17,18). The Hall–Kier alpha value is -2.07. The number of benzene rings is 2. The predicted molar refractivity (Wildman–Crippen MR) is 73.0 cm³/mol. The molecule has 1 aromatic heterocycles. The van der Waals surface area contributed by atoms with Crippen LogP contribution in [0.2, 0.25) is 5.02 Å². The van der Waals surface area contributed by atoms with Gasteiger partial charge < -0.3 is 9.72 Å². The molecule has 1 N–H and O–H groups in total. The van der Waals surface area contributed by atoms with E-state index in [1.165, 1.54) is 12.1 Å². The molecule has 0 aliphatic heterocycles. The Kier molecular flexibility index (Phi) is 2.87. The Labute approximate surface area is 114 Å². The number of H-pyrrole nitrogens is 1. The topological polar surface area (TPSA) is 37.9 Å². The van der Waals surface area contributed by atoms with Gasteiger partial charge in [-0.3, -0.25) is 0 Å². The molecule has 3 nitrogen and oxygen atoms in total. The maximum Gasteiger partial charge on any atom is 0.142 e. The lowest BCUT2D eigenvalue weighted by molar-refractivity contribution is 0.416.